The van der Waals surface area contributed by atoms with Gasteiger partial charge in [0.1, 0.15) is 0 Å². The Bertz CT molecular complexity index is 20.5. The fraction of sp³-hybridized carbons (Fsp3) is 1.00. The largest absolute Gasteiger partial charge is 0.679 e. The molecule has 0 rings (SSSR count). The average molecular weight is 180 g/mol. The molecule has 0 spiro atoms. The molecule has 0 amide bonds. The molecule has 0 aromatic carbocycles. The topological polar surface area (TPSA) is 95.2 Å². The van der Waals surface area contributed by atoms with Crippen LogP contribution in [0.2, 0.25) is 0 Å². The Morgan fingerprint density at radius 2 is 0.667 bits per heavy atom. The van der Waals surface area contributed by atoms with Crippen molar-refractivity contribution in [3.8, 4) is 0 Å². The zero-order valence-corrected chi connectivity index (χ0v) is 6.07. The predicted octanol–water partition coefficient (Wildman–Crippen LogP) is 2.18. The van der Waals surface area contributed by atoms with Crippen LogP contribution in [-0.2, 0) is 17.1 Å². The molecule has 0 aliphatic rings. The van der Waals surface area contributed by atoms with Crippen molar-refractivity contribution < 1.29 is 17.1 Å². The van der Waals surface area contributed by atoms with Crippen molar-refractivity contribution >= 4 is 0 Å². The molecule has 4 N–H and O–H groups in total. The summed E-state index contributed by atoms with van der Waals surface area (Å²) in [6.45, 7) is 0.944. The molecule has 0 aliphatic carbocycles. The van der Waals surface area contributed by atoms with E-state index in [0.29, 0.717) is 0 Å². The summed E-state index contributed by atoms with van der Waals surface area (Å²) < 4.78 is 0. The van der Waals surface area contributed by atoms with E-state index in [4.69, 9.17) is 22.9 Å². The van der Waals surface area contributed by atoms with E-state index < -0.39 is 0 Å². The van der Waals surface area contributed by atoms with E-state index in [0.717, 1.165) is 0 Å². The molecule has 9 heavy (non-hydrogen) atoms. The molecule has 0 saturated carbocycles. The number of rotatable bonds is 2. The molecule has 0 saturated heterocycles. The maximum atomic E-state index is 6.26. The number of nitrogens with one attached hydrogen (secondary N) is 4. The summed E-state index contributed by atoms with van der Waals surface area (Å²) in [5.41, 5.74) is 25.1. The van der Waals surface area contributed by atoms with Crippen LogP contribution in [0.15, 0.2) is 0 Å². The van der Waals surface area contributed by atoms with Gasteiger partial charge in [-0.05, 0) is 0 Å². The van der Waals surface area contributed by atoms with Crippen molar-refractivity contribution in [1.29, 1.82) is 0 Å². The van der Waals surface area contributed by atoms with Crippen LogP contribution in [0.3, 0.4) is 0 Å². The molecule has 0 fully saturated rings. The normalized spacial score (nSPS) is 6.67. The van der Waals surface area contributed by atoms with Crippen LogP contribution < -0.4 is 0 Å². The molecule has 0 atom stereocenters. The minimum Gasteiger partial charge on any atom is -0.679 e. The van der Waals surface area contributed by atoms with Crippen LogP contribution in [-0.4, -0.2) is 26.2 Å². The first-order valence-electron chi connectivity index (χ1n) is 2.41. The summed E-state index contributed by atoms with van der Waals surface area (Å²) in [7, 11) is 0. The Labute approximate surface area is 66.8 Å². The van der Waals surface area contributed by atoms with Gasteiger partial charge in [0, 0.05) is 17.1 Å². The van der Waals surface area contributed by atoms with Crippen molar-refractivity contribution in [1.82, 2.24) is 0 Å². The maximum absolute atomic E-state index is 6.26. The average Bonchev–Trinajstić information content (AvgIpc) is 1.88. The van der Waals surface area contributed by atoms with Gasteiger partial charge in [0.2, 0.25) is 0 Å². The van der Waals surface area contributed by atoms with Crippen LogP contribution in [0, 0.1) is 0 Å². The first-order chi connectivity index (χ1) is 3.83. The van der Waals surface area contributed by atoms with Crippen LogP contribution >= 0.6 is 0 Å². The van der Waals surface area contributed by atoms with Gasteiger partial charge in [0.15, 0.2) is 0 Å². The van der Waals surface area contributed by atoms with E-state index >= 15 is 0 Å². The van der Waals surface area contributed by atoms with Gasteiger partial charge in [-0.1, -0.05) is 0 Å². The zero-order valence-electron chi connectivity index (χ0n) is 5.13. The van der Waals surface area contributed by atoms with E-state index in [1.165, 1.54) is 0 Å². The SMILES string of the molecule is [Cu].[NH-]CC[NH-].[NH-]CC[NH-]. The second kappa shape index (κ2) is 23.8. The Morgan fingerprint density at radius 1 is 0.556 bits per heavy atom. The number of hydrogen-bond acceptors (Lipinski definition) is 0. The van der Waals surface area contributed by atoms with Crippen molar-refractivity contribution in [3.63, 3.8) is 0 Å². The van der Waals surface area contributed by atoms with Crippen molar-refractivity contribution in [2.24, 2.45) is 0 Å². The van der Waals surface area contributed by atoms with Crippen molar-refractivity contribution in [3.05, 3.63) is 22.9 Å². The fourth-order valence-electron chi connectivity index (χ4n) is 0. The second-order valence-electron chi connectivity index (χ2n) is 1.000. The van der Waals surface area contributed by atoms with Crippen LogP contribution in [0.1, 0.15) is 0 Å². The molecule has 0 aromatic heterocycles. The first kappa shape index (κ1) is 16.2. The Hall–Kier alpha value is 0.359. The third-order valence-electron chi connectivity index (χ3n) is 0.250. The van der Waals surface area contributed by atoms with Crippen molar-refractivity contribution in [2.75, 3.05) is 26.2 Å². The van der Waals surface area contributed by atoms with E-state index in [2.05, 4.69) is 0 Å². The molecule has 63 valence electrons. The van der Waals surface area contributed by atoms with Gasteiger partial charge in [0.05, 0.1) is 0 Å². The molecule has 5 heteroatoms. The third kappa shape index (κ3) is 60.7. The first-order valence-corrected chi connectivity index (χ1v) is 2.41. The van der Waals surface area contributed by atoms with Gasteiger partial charge in [-0.25, -0.2) is 0 Å². The summed E-state index contributed by atoms with van der Waals surface area (Å²) in [5.74, 6) is 0. The standard InChI is InChI=1S/2C2H6N2.Cu/c2*3-1-2-4;/h2*3-4H,1-2H2;/q2*-2;. The van der Waals surface area contributed by atoms with Gasteiger partial charge >= 0.3 is 0 Å². The van der Waals surface area contributed by atoms with Crippen LogP contribution in [0.5, 0.6) is 0 Å². The van der Waals surface area contributed by atoms with E-state index in [-0.39, 0.29) is 43.2 Å². The summed E-state index contributed by atoms with van der Waals surface area (Å²) in [6.07, 6.45) is 0. The third-order valence-corrected chi connectivity index (χ3v) is 0.250. The fourth-order valence-corrected chi connectivity index (χ4v) is 0. The number of hydrogen-bond donors (Lipinski definition) is 0. The molecule has 0 bridgehead atoms. The van der Waals surface area contributed by atoms with Crippen molar-refractivity contribution in [2.45, 2.75) is 0 Å². The van der Waals surface area contributed by atoms with E-state index in [1.807, 2.05) is 0 Å². The van der Waals surface area contributed by atoms with Gasteiger partial charge in [-0.3, -0.25) is 0 Å². The van der Waals surface area contributed by atoms with Gasteiger partial charge in [-0.15, -0.1) is 0 Å². The van der Waals surface area contributed by atoms with Crippen LogP contribution in [0.4, 0.5) is 0 Å². The van der Waals surface area contributed by atoms with Gasteiger partial charge < -0.3 is 22.9 Å². The Balaban J connectivity index is -0.0000000720. The molecule has 0 heterocycles. The molecule has 1 radical (unpaired) electrons. The minimum absolute atomic E-state index is 0. The predicted molar refractivity (Wildman–Crippen MR) is 36.8 cm³/mol. The van der Waals surface area contributed by atoms with Crippen LogP contribution in [0.25, 0.3) is 22.9 Å². The monoisotopic (exact) mass is 179 g/mol. The van der Waals surface area contributed by atoms with E-state index in [9.17, 15) is 0 Å². The molecule has 4 nitrogen and oxygen atoms in total. The molecular formula is C4H12CuN4-4. The second-order valence-corrected chi connectivity index (χ2v) is 1.000. The molecule has 0 aromatic rings. The summed E-state index contributed by atoms with van der Waals surface area (Å²) in [4.78, 5) is 0. The van der Waals surface area contributed by atoms with Gasteiger partial charge in [0.25, 0.3) is 0 Å². The summed E-state index contributed by atoms with van der Waals surface area (Å²) >= 11 is 0. The smallest absolute Gasteiger partial charge is 0 e. The Kier molecular flexibility index (Phi) is 42.8. The Morgan fingerprint density at radius 3 is 0.667 bits per heavy atom. The zero-order chi connectivity index (χ0) is 6.83. The molecule has 0 unspecified atom stereocenters. The summed E-state index contributed by atoms with van der Waals surface area (Å²) in [6, 6.07) is 0. The summed E-state index contributed by atoms with van der Waals surface area (Å²) in [5, 5.41) is 0. The molecule has 0 aliphatic heterocycles. The van der Waals surface area contributed by atoms with Gasteiger partial charge in [-0.2, -0.15) is 26.2 Å². The minimum atomic E-state index is 0. The quantitative estimate of drug-likeness (QED) is 0.581. The maximum Gasteiger partial charge on any atom is 0 e. The van der Waals surface area contributed by atoms with E-state index in [1.54, 1.807) is 0 Å². The molecular weight excluding hydrogens is 168 g/mol.